The number of rotatable bonds is 5. The minimum Gasteiger partial charge on any atom is -0.496 e. The second-order valence-electron chi connectivity index (χ2n) is 6.30. The second-order valence-corrected chi connectivity index (χ2v) is 6.30. The van der Waals surface area contributed by atoms with E-state index in [1.54, 1.807) is 7.11 Å². The van der Waals surface area contributed by atoms with Crippen molar-refractivity contribution in [2.24, 2.45) is 5.92 Å². The highest BCUT2D eigenvalue weighted by molar-refractivity contribution is 5.36. The molecule has 0 aliphatic carbocycles. The van der Waals surface area contributed by atoms with Gasteiger partial charge in [0.15, 0.2) is 5.82 Å². The molecule has 1 aromatic carbocycles. The van der Waals surface area contributed by atoms with Crippen LogP contribution in [0.5, 0.6) is 5.75 Å². The number of halogens is 1. The van der Waals surface area contributed by atoms with Gasteiger partial charge in [0.05, 0.1) is 13.8 Å². The third kappa shape index (κ3) is 3.37. The maximum Gasteiger partial charge on any atom is 0.155 e. The van der Waals surface area contributed by atoms with Crippen LogP contribution in [-0.4, -0.2) is 47.0 Å². The van der Waals surface area contributed by atoms with Crippen LogP contribution in [-0.2, 0) is 6.54 Å². The van der Waals surface area contributed by atoms with Crippen LogP contribution in [0.1, 0.15) is 28.7 Å². The van der Waals surface area contributed by atoms with Gasteiger partial charge in [-0.15, -0.1) is 0 Å². The Kier molecular flexibility index (Phi) is 4.61. The first-order valence-electron chi connectivity index (χ1n) is 7.91. The number of nitrogens with one attached hydrogen (secondary N) is 1. The topological polar surface area (TPSA) is 54.0 Å². The van der Waals surface area contributed by atoms with Gasteiger partial charge in [-0.3, -0.25) is 14.4 Å². The molecule has 1 aromatic heterocycles. The van der Waals surface area contributed by atoms with Gasteiger partial charge >= 0.3 is 0 Å². The number of alkyl halides is 1. The van der Waals surface area contributed by atoms with E-state index < -0.39 is 0 Å². The van der Waals surface area contributed by atoms with Gasteiger partial charge in [0.25, 0.3) is 0 Å². The minimum atomic E-state index is -0.337. The summed E-state index contributed by atoms with van der Waals surface area (Å²) in [5.74, 6) is 2.43. The van der Waals surface area contributed by atoms with Gasteiger partial charge in [-0.1, -0.05) is 12.1 Å². The summed E-state index contributed by atoms with van der Waals surface area (Å²) in [5.41, 5.74) is 2.33. The summed E-state index contributed by atoms with van der Waals surface area (Å²) in [6.07, 6.45) is 0. The molecule has 1 aliphatic rings. The summed E-state index contributed by atoms with van der Waals surface area (Å²) in [6.45, 7) is 5.90. The van der Waals surface area contributed by atoms with Crippen LogP contribution in [0.15, 0.2) is 18.2 Å². The number of methoxy groups -OCH3 is 1. The number of nitrogens with zero attached hydrogens (tertiary/aromatic N) is 3. The van der Waals surface area contributed by atoms with Crippen molar-refractivity contribution in [3.8, 4) is 5.75 Å². The Bertz CT molecular complexity index is 672. The molecule has 0 amide bonds. The molecule has 1 N–H and O–H groups in total. The highest BCUT2D eigenvalue weighted by atomic mass is 19.1. The highest BCUT2D eigenvalue weighted by Crippen LogP contribution is 2.32. The molecule has 3 rings (SSSR count). The predicted octanol–water partition coefficient (Wildman–Crippen LogP) is 2.62. The van der Waals surface area contributed by atoms with Crippen LogP contribution >= 0.6 is 0 Å². The largest absolute Gasteiger partial charge is 0.496 e. The van der Waals surface area contributed by atoms with Crippen molar-refractivity contribution < 1.29 is 9.13 Å². The fourth-order valence-electron chi connectivity index (χ4n) is 3.36. The smallest absolute Gasteiger partial charge is 0.155 e. The molecule has 0 unspecified atom stereocenters. The van der Waals surface area contributed by atoms with E-state index in [4.69, 9.17) is 4.74 Å². The lowest BCUT2D eigenvalue weighted by Crippen LogP contribution is -2.20. The lowest BCUT2D eigenvalue weighted by molar-refractivity contribution is 0.295. The van der Waals surface area contributed by atoms with Crippen molar-refractivity contribution in [2.75, 3.05) is 26.9 Å². The molecule has 0 radical (unpaired) electrons. The van der Waals surface area contributed by atoms with Gasteiger partial charge < -0.3 is 4.74 Å². The predicted molar refractivity (Wildman–Crippen MR) is 86.3 cm³/mol. The van der Waals surface area contributed by atoms with E-state index in [1.165, 1.54) is 5.56 Å². The molecule has 2 aromatic rings. The molecule has 1 aliphatic heterocycles. The molecule has 6 heteroatoms. The quantitative estimate of drug-likeness (QED) is 0.921. The monoisotopic (exact) mass is 318 g/mol. The second kappa shape index (κ2) is 6.66. The van der Waals surface area contributed by atoms with E-state index in [-0.39, 0.29) is 18.5 Å². The third-order valence-corrected chi connectivity index (χ3v) is 4.53. The Labute approximate surface area is 135 Å². The van der Waals surface area contributed by atoms with Crippen LogP contribution in [0.25, 0.3) is 0 Å². The van der Waals surface area contributed by atoms with E-state index >= 15 is 0 Å². The highest BCUT2D eigenvalue weighted by Gasteiger charge is 2.36. The van der Waals surface area contributed by atoms with Crippen molar-refractivity contribution in [3.05, 3.63) is 41.0 Å². The van der Waals surface area contributed by atoms with Crippen LogP contribution in [0.3, 0.4) is 0 Å². The fourth-order valence-corrected chi connectivity index (χ4v) is 3.36. The number of benzene rings is 1. The van der Waals surface area contributed by atoms with Gasteiger partial charge in [-0.2, -0.15) is 5.10 Å². The molecular formula is C17H23FN4O. The molecule has 2 heterocycles. The van der Waals surface area contributed by atoms with Crippen molar-refractivity contribution in [2.45, 2.75) is 26.3 Å². The van der Waals surface area contributed by atoms with Gasteiger partial charge in [0.2, 0.25) is 0 Å². The van der Waals surface area contributed by atoms with Crippen LogP contribution < -0.4 is 4.74 Å². The number of H-pyrrole nitrogens is 1. The van der Waals surface area contributed by atoms with Gasteiger partial charge in [-0.05, 0) is 31.0 Å². The Balaban J connectivity index is 1.71. The standard InChI is InChI=1S/C17H23FN4O/c1-11-6-13(4-5-16(11)23-3)8-22-9-14(7-18)15(10-22)17-19-12(2)20-21-17/h4-6,14-15H,7-10H2,1-3H3,(H,19,20,21)/t14-,15-/m1/s1. The van der Waals surface area contributed by atoms with Gasteiger partial charge in [-0.25, -0.2) is 4.98 Å². The third-order valence-electron chi connectivity index (χ3n) is 4.53. The van der Waals surface area contributed by atoms with E-state index in [9.17, 15) is 4.39 Å². The van der Waals surface area contributed by atoms with Crippen LogP contribution in [0.4, 0.5) is 4.39 Å². The molecule has 0 bridgehead atoms. The van der Waals surface area contributed by atoms with Crippen molar-refractivity contribution in [1.29, 1.82) is 0 Å². The number of likely N-dealkylation sites (tertiary alicyclic amines) is 1. The Hall–Kier alpha value is -1.95. The van der Waals surface area contributed by atoms with E-state index in [2.05, 4.69) is 32.2 Å². The molecular weight excluding hydrogens is 295 g/mol. The summed E-state index contributed by atoms with van der Waals surface area (Å²) in [4.78, 5) is 6.67. The first-order chi connectivity index (χ1) is 11.1. The normalized spacial score (nSPS) is 21.7. The summed E-state index contributed by atoms with van der Waals surface area (Å²) in [6, 6.07) is 6.19. The minimum absolute atomic E-state index is 0.0375. The Morgan fingerprint density at radius 2 is 2.17 bits per heavy atom. The number of hydrogen-bond acceptors (Lipinski definition) is 4. The van der Waals surface area contributed by atoms with E-state index in [0.717, 1.165) is 42.6 Å². The first kappa shape index (κ1) is 15.9. The van der Waals surface area contributed by atoms with E-state index in [1.807, 2.05) is 19.9 Å². The molecule has 0 spiro atoms. The van der Waals surface area contributed by atoms with Crippen LogP contribution in [0.2, 0.25) is 0 Å². The average Bonchev–Trinajstić information content (AvgIpc) is 3.13. The Morgan fingerprint density at radius 1 is 1.35 bits per heavy atom. The molecule has 1 fully saturated rings. The summed E-state index contributed by atoms with van der Waals surface area (Å²) >= 11 is 0. The van der Waals surface area contributed by atoms with Gasteiger partial charge in [0.1, 0.15) is 11.6 Å². The molecule has 5 nitrogen and oxygen atoms in total. The summed E-state index contributed by atoms with van der Waals surface area (Å²) < 4.78 is 18.7. The number of aromatic amines is 1. The van der Waals surface area contributed by atoms with Crippen molar-refractivity contribution in [3.63, 3.8) is 0 Å². The SMILES string of the molecule is COc1ccc(CN2C[C@@H](CF)[C@H](c3n[nH]c(C)n3)C2)cc1C. The molecule has 1 saturated heterocycles. The first-order valence-corrected chi connectivity index (χ1v) is 7.91. The zero-order valence-electron chi connectivity index (χ0n) is 13.8. The molecule has 23 heavy (non-hydrogen) atoms. The molecule has 2 atom stereocenters. The zero-order chi connectivity index (χ0) is 16.4. The summed E-state index contributed by atoms with van der Waals surface area (Å²) in [7, 11) is 1.68. The average molecular weight is 318 g/mol. The van der Waals surface area contributed by atoms with Crippen LogP contribution in [0, 0.1) is 19.8 Å². The molecule has 124 valence electrons. The molecule has 0 saturated carbocycles. The Morgan fingerprint density at radius 3 is 2.78 bits per heavy atom. The zero-order valence-corrected chi connectivity index (χ0v) is 13.8. The lowest BCUT2D eigenvalue weighted by Gasteiger charge is -2.16. The summed E-state index contributed by atoms with van der Waals surface area (Å²) in [5, 5.41) is 7.09. The van der Waals surface area contributed by atoms with E-state index in [0.29, 0.717) is 0 Å². The maximum atomic E-state index is 13.4. The number of ether oxygens (including phenoxy) is 1. The van der Waals surface area contributed by atoms with Crippen molar-refractivity contribution >= 4 is 0 Å². The number of aryl methyl sites for hydroxylation is 2. The van der Waals surface area contributed by atoms with Gasteiger partial charge in [0, 0.05) is 31.5 Å². The number of aromatic nitrogens is 3. The lowest BCUT2D eigenvalue weighted by atomic mass is 9.97. The number of hydrogen-bond donors (Lipinski definition) is 1. The fraction of sp³-hybridized carbons (Fsp3) is 0.529. The maximum absolute atomic E-state index is 13.4. The van der Waals surface area contributed by atoms with Crippen molar-refractivity contribution in [1.82, 2.24) is 20.1 Å².